The number of hydrogen-bond acceptors (Lipinski definition) is 4. The van der Waals surface area contributed by atoms with Gasteiger partial charge < -0.3 is 14.6 Å². The summed E-state index contributed by atoms with van der Waals surface area (Å²) in [7, 11) is -5.17. The zero-order valence-corrected chi connectivity index (χ0v) is 7.32. The predicted octanol–water partition coefficient (Wildman–Crippen LogP) is -5.52. The Kier molecular flexibility index (Phi) is 19.6. The summed E-state index contributed by atoms with van der Waals surface area (Å²) in [5, 5.41) is 4.58. The molecule has 0 aliphatic carbocycles. The van der Waals surface area contributed by atoms with Crippen LogP contribution in [0.4, 0.5) is 0 Å². The maximum absolute atomic E-state index is 8.52. The first-order valence-electron chi connectivity index (χ1n) is 1.53. The van der Waals surface area contributed by atoms with Gasteiger partial charge in [-0.25, -0.2) is 0 Å². The molecule has 0 saturated carbocycles. The molecule has 0 unspecified atom stereocenters. The molecule has 10 heteroatoms. The Morgan fingerprint density at radius 2 is 1.27 bits per heavy atom. The molecule has 0 bridgehead atoms. The molecule has 0 saturated heterocycles. The SMILES string of the molecule is NC(N)=[NH2+].O.O=S(=O)([O-])[O-].[Al+3]. The molecule has 64 valence electrons. The van der Waals surface area contributed by atoms with E-state index >= 15 is 0 Å². The van der Waals surface area contributed by atoms with Gasteiger partial charge in [-0.1, -0.05) is 0 Å². The van der Waals surface area contributed by atoms with Gasteiger partial charge in [-0.3, -0.25) is 25.3 Å². The minimum atomic E-state index is -5.17. The first-order valence-corrected chi connectivity index (χ1v) is 2.87. The molecule has 0 aromatic rings. The molecule has 11 heavy (non-hydrogen) atoms. The second kappa shape index (κ2) is 9.63. The average Bonchev–Trinajstić information content (AvgIpc) is 1.19. The molecule has 0 spiro atoms. The number of hydrogen-bond donors (Lipinski definition) is 3. The maximum Gasteiger partial charge on any atom is 3.00 e. The summed E-state index contributed by atoms with van der Waals surface area (Å²) in [6.07, 6.45) is 0. The van der Waals surface area contributed by atoms with E-state index in [1.54, 1.807) is 0 Å². The second-order valence-corrected chi connectivity index (χ2v) is 1.72. The van der Waals surface area contributed by atoms with Crippen LogP contribution in [0.15, 0.2) is 0 Å². The summed E-state index contributed by atoms with van der Waals surface area (Å²) in [5.74, 6) is -0.0833. The Bertz CT molecular complexity index is 164. The van der Waals surface area contributed by atoms with Crippen molar-refractivity contribution in [3.05, 3.63) is 0 Å². The van der Waals surface area contributed by atoms with E-state index in [0.29, 0.717) is 0 Å². The van der Waals surface area contributed by atoms with E-state index in [1.807, 2.05) is 0 Å². The van der Waals surface area contributed by atoms with Crippen LogP contribution in [0, 0.1) is 0 Å². The molecule has 0 atom stereocenters. The van der Waals surface area contributed by atoms with E-state index in [4.69, 9.17) is 17.5 Å². The molecule has 0 radical (unpaired) electrons. The Hall–Kier alpha value is -0.368. The van der Waals surface area contributed by atoms with Gasteiger partial charge in [0.15, 0.2) is 0 Å². The van der Waals surface area contributed by atoms with Gasteiger partial charge in [0, 0.05) is 10.4 Å². The zero-order valence-electron chi connectivity index (χ0n) is 5.35. The van der Waals surface area contributed by atoms with Crippen molar-refractivity contribution in [3.63, 3.8) is 0 Å². The molecule has 0 aliphatic heterocycles. The van der Waals surface area contributed by atoms with Crippen LogP contribution < -0.4 is 16.9 Å². The van der Waals surface area contributed by atoms with Crippen molar-refractivity contribution in [1.29, 1.82) is 0 Å². The summed E-state index contributed by atoms with van der Waals surface area (Å²) >= 11 is 0. The van der Waals surface area contributed by atoms with Crippen LogP contribution in [0.25, 0.3) is 0 Å². The first-order chi connectivity index (χ1) is 3.73. The van der Waals surface area contributed by atoms with Crippen LogP contribution >= 0.6 is 0 Å². The predicted molar refractivity (Wildman–Crippen MR) is 35.1 cm³/mol. The fourth-order valence-corrected chi connectivity index (χ4v) is 0. The van der Waals surface area contributed by atoms with Crippen LogP contribution in [0.3, 0.4) is 0 Å². The molecular weight excluding hydrogens is 193 g/mol. The van der Waals surface area contributed by atoms with Gasteiger partial charge in [-0.15, -0.1) is 0 Å². The van der Waals surface area contributed by atoms with Crippen molar-refractivity contribution in [2.75, 3.05) is 0 Å². The Balaban J connectivity index is -0.0000000383. The van der Waals surface area contributed by atoms with E-state index in [9.17, 15) is 0 Å². The molecule has 0 fully saturated rings. The Morgan fingerprint density at radius 3 is 1.27 bits per heavy atom. The summed E-state index contributed by atoms with van der Waals surface area (Å²) < 4.78 is 34.1. The van der Waals surface area contributed by atoms with Gasteiger partial charge in [0.2, 0.25) is 0 Å². The fraction of sp³-hybridized carbons (Fsp3) is 0. The van der Waals surface area contributed by atoms with E-state index < -0.39 is 10.4 Å². The van der Waals surface area contributed by atoms with Crippen LogP contribution in [-0.4, -0.2) is 46.3 Å². The van der Waals surface area contributed by atoms with Crippen LogP contribution in [0.5, 0.6) is 0 Å². The first kappa shape index (κ1) is 22.4. The van der Waals surface area contributed by atoms with Crippen molar-refractivity contribution in [3.8, 4) is 0 Å². The van der Waals surface area contributed by atoms with Crippen molar-refractivity contribution in [1.82, 2.24) is 0 Å². The smallest absolute Gasteiger partial charge is 0.759 e. The quantitative estimate of drug-likeness (QED) is 0.115. The molecule has 0 heterocycles. The third kappa shape index (κ3) is 4150. The fourth-order valence-electron chi connectivity index (χ4n) is 0. The van der Waals surface area contributed by atoms with Crippen LogP contribution in [-0.2, 0) is 10.4 Å². The monoisotopic (exact) mass is 201 g/mol. The molecule has 0 amide bonds. The third-order valence-electron chi connectivity index (χ3n) is 0. The standard InChI is InChI=1S/CH5N3.Al.H2O4S.H2O/c2-1(3)4;;1-5(2,3)4;/h(H5,2,3,4);;(H2,1,2,3,4);1H2/q;+3;;/p-1. The topological polar surface area (TPSA) is 189 Å². The van der Waals surface area contributed by atoms with Gasteiger partial charge in [0.25, 0.3) is 0 Å². The van der Waals surface area contributed by atoms with Gasteiger partial charge in [-0.2, -0.15) is 0 Å². The molecule has 0 rings (SSSR count). The van der Waals surface area contributed by atoms with Gasteiger partial charge in [0.05, 0.1) is 0 Å². The summed E-state index contributed by atoms with van der Waals surface area (Å²) in [6, 6.07) is 0. The van der Waals surface area contributed by atoms with Crippen molar-refractivity contribution >= 4 is 33.7 Å². The largest absolute Gasteiger partial charge is 3.00 e. The number of rotatable bonds is 0. The van der Waals surface area contributed by atoms with Crippen LogP contribution in [0.2, 0.25) is 0 Å². The third-order valence-corrected chi connectivity index (χ3v) is 0. The average molecular weight is 201 g/mol. The number of nitrogens with two attached hydrogens (primary N) is 3. The van der Waals surface area contributed by atoms with E-state index in [1.165, 1.54) is 0 Å². The summed E-state index contributed by atoms with van der Waals surface area (Å²) in [6.45, 7) is 0. The van der Waals surface area contributed by atoms with E-state index in [-0.39, 0.29) is 28.8 Å². The summed E-state index contributed by atoms with van der Waals surface area (Å²) in [4.78, 5) is 0. The van der Waals surface area contributed by atoms with Crippen molar-refractivity contribution in [2.24, 2.45) is 11.5 Å². The zero-order chi connectivity index (χ0) is 8.08. The van der Waals surface area contributed by atoms with Crippen molar-refractivity contribution in [2.45, 2.75) is 0 Å². The minimum Gasteiger partial charge on any atom is -0.759 e. The normalized spacial score (nSPS) is 7.45. The second-order valence-electron chi connectivity index (χ2n) is 0.908. The van der Waals surface area contributed by atoms with E-state index in [2.05, 4.69) is 16.9 Å². The maximum atomic E-state index is 8.52. The molecular formula is CH8AlN3O5S+2. The Morgan fingerprint density at radius 1 is 1.27 bits per heavy atom. The molecule has 0 aromatic heterocycles. The molecule has 8 nitrogen and oxygen atoms in total. The Labute approximate surface area is 74.1 Å². The van der Waals surface area contributed by atoms with Crippen molar-refractivity contribution < 1.29 is 28.4 Å². The summed E-state index contributed by atoms with van der Waals surface area (Å²) in [5.41, 5.74) is 9.17. The minimum absolute atomic E-state index is 0. The van der Waals surface area contributed by atoms with Gasteiger partial charge in [0.1, 0.15) is 0 Å². The molecule has 8 N–H and O–H groups in total. The van der Waals surface area contributed by atoms with Gasteiger partial charge in [-0.05, 0) is 0 Å². The van der Waals surface area contributed by atoms with Gasteiger partial charge >= 0.3 is 23.3 Å². The number of guanidine groups is 1. The molecule has 0 aromatic carbocycles. The molecule has 0 aliphatic rings. The van der Waals surface area contributed by atoms with E-state index in [0.717, 1.165) is 0 Å². The van der Waals surface area contributed by atoms with Crippen LogP contribution in [0.1, 0.15) is 0 Å².